The molecule has 0 radical (unpaired) electrons. The summed E-state index contributed by atoms with van der Waals surface area (Å²) in [4.78, 5) is 4.46. The van der Waals surface area contributed by atoms with Gasteiger partial charge in [0.2, 0.25) is 0 Å². The minimum absolute atomic E-state index is 0. The highest BCUT2D eigenvalue weighted by Gasteiger charge is 2.06. The summed E-state index contributed by atoms with van der Waals surface area (Å²) in [6, 6.07) is 7.43. The fraction of sp³-hybridized carbons (Fsp3) is 0.400. The fourth-order valence-corrected chi connectivity index (χ4v) is 1.71. The fourth-order valence-electron chi connectivity index (χ4n) is 1.52. The lowest BCUT2D eigenvalue weighted by molar-refractivity contribution is 0.230. The highest BCUT2D eigenvalue weighted by molar-refractivity contribution is 14.0. The van der Waals surface area contributed by atoms with E-state index in [2.05, 4.69) is 22.2 Å². The second-order valence-corrected chi connectivity index (χ2v) is 4.66. The van der Waals surface area contributed by atoms with Gasteiger partial charge in [-0.1, -0.05) is 29.8 Å². The molecule has 118 valence electrons. The van der Waals surface area contributed by atoms with Gasteiger partial charge in [-0.05, 0) is 26.0 Å². The van der Waals surface area contributed by atoms with E-state index in [1.807, 2.05) is 38.1 Å². The first-order chi connectivity index (χ1) is 9.67. The van der Waals surface area contributed by atoms with E-state index >= 15 is 0 Å². The maximum absolute atomic E-state index is 6.05. The summed E-state index contributed by atoms with van der Waals surface area (Å²) in [5.74, 6) is 1.43. The van der Waals surface area contributed by atoms with Crippen LogP contribution in [0.5, 0.6) is 5.75 Å². The first-order valence-electron chi connectivity index (χ1n) is 6.71. The average molecular weight is 424 g/mol. The molecule has 0 aromatic heterocycles. The molecule has 0 bridgehead atoms. The molecular weight excluding hydrogens is 401 g/mol. The van der Waals surface area contributed by atoms with Gasteiger partial charge in [-0.3, -0.25) is 0 Å². The van der Waals surface area contributed by atoms with E-state index in [-0.39, 0.29) is 30.1 Å². The van der Waals surface area contributed by atoms with E-state index < -0.39 is 0 Å². The molecule has 1 atom stereocenters. The van der Waals surface area contributed by atoms with E-state index in [9.17, 15) is 0 Å². The van der Waals surface area contributed by atoms with Gasteiger partial charge in [0.15, 0.2) is 5.96 Å². The number of para-hydroxylation sites is 1. The normalized spacial score (nSPS) is 12.0. The van der Waals surface area contributed by atoms with Crippen LogP contribution in [0.25, 0.3) is 0 Å². The Balaban J connectivity index is 0.00000400. The van der Waals surface area contributed by atoms with Crippen LogP contribution in [-0.2, 0) is 0 Å². The second kappa shape index (κ2) is 11.7. The summed E-state index contributed by atoms with van der Waals surface area (Å²) in [6.07, 6.45) is 1.73. The van der Waals surface area contributed by atoms with Gasteiger partial charge in [0.1, 0.15) is 11.9 Å². The number of benzene rings is 1. The third kappa shape index (κ3) is 8.16. The smallest absolute Gasteiger partial charge is 0.191 e. The van der Waals surface area contributed by atoms with Crippen molar-refractivity contribution in [2.24, 2.45) is 4.99 Å². The van der Waals surface area contributed by atoms with Crippen molar-refractivity contribution in [3.05, 3.63) is 41.9 Å². The van der Waals surface area contributed by atoms with Crippen molar-refractivity contribution in [2.75, 3.05) is 19.6 Å². The zero-order valence-electron chi connectivity index (χ0n) is 12.4. The van der Waals surface area contributed by atoms with Gasteiger partial charge in [0.25, 0.3) is 0 Å². The van der Waals surface area contributed by atoms with Crippen molar-refractivity contribution in [2.45, 2.75) is 20.0 Å². The summed E-state index contributed by atoms with van der Waals surface area (Å²) in [6.45, 7) is 9.67. The van der Waals surface area contributed by atoms with Crippen LogP contribution in [0.2, 0.25) is 5.02 Å². The topological polar surface area (TPSA) is 45.7 Å². The number of ether oxygens (including phenoxy) is 1. The summed E-state index contributed by atoms with van der Waals surface area (Å²) in [5, 5.41) is 6.91. The van der Waals surface area contributed by atoms with Crippen LogP contribution in [0, 0.1) is 0 Å². The van der Waals surface area contributed by atoms with Gasteiger partial charge in [0.05, 0.1) is 11.6 Å². The molecule has 0 aliphatic rings. The molecule has 0 amide bonds. The molecule has 1 aromatic carbocycles. The average Bonchev–Trinajstić information content (AvgIpc) is 2.44. The third-order valence-corrected chi connectivity index (χ3v) is 2.74. The van der Waals surface area contributed by atoms with Crippen molar-refractivity contribution in [1.29, 1.82) is 0 Å². The van der Waals surface area contributed by atoms with E-state index in [1.54, 1.807) is 6.08 Å². The van der Waals surface area contributed by atoms with Gasteiger partial charge >= 0.3 is 0 Å². The predicted octanol–water partition coefficient (Wildman–Crippen LogP) is 3.47. The van der Waals surface area contributed by atoms with Gasteiger partial charge in [-0.15, -0.1) is 30.6 Å². The number of hydrogen-bond acceptors (Lipinski definition) is 2. The highest BCUT2D eigenvalue weighted by Crippen LogP contribution is 2.24. The van der Waals surface area contributed by atoms with Crippen molar-refractivity contribution >= 4 is 41.5 Å². The van der Waals surface area contributed by atoms with Crippen molar-refractivity contribution in [3.63, 3.8) is 0 Å². The maximum Gasteiger partial charge on any atom is 0.191 e. The van der Waals surface area contributed by atoms with Crippen molar-refractivity contribution in [1.82, 2.24) is 10.6 Å². The Labute approximate surface area is 149 Å². The van der Waals surface area contributed by atoms with E-state index in [4.69, 9.17) is 16.3 Å². The first kappa shape index (κ1) is 20.1. The first-order valence-corrected chi connectivity index (χ1v) is 7.09. The number of nitrogens with one attached hydrogen (secondary N) is 2. The van der Waals surface area contributed by atoms with Gasteiger partial charge < -0.3 is 15.4 Å². The number of nitrogens with zero attached hydrogens (tertiary/aromatic N) is 1. The Morgan fingerprint density at radius 2 is 2.14 bits per heavy atom. The molecule has 0 heterocycles. The standard InChI is InChI=1S/C15H22ClN3O.HI/c1-4-10-18-15(17-5-2)19-11-12(3)20-14-9-7-6-8-13(14)16;/h4,6-9,12H,1,5,10-11H2,2-3H3,(H2,17,18,19);1H. The molecule has 0 saturated carbocycles. The number of guanidine groups is 1. The molecule has 4 nitrogen and oxygen atoms in total. The summed E-state index contributed by atoms with van der Waals surface area (Å²) in [5.41, 5.74) is 0. The van der Waals surface area contributed by atoms with E-state index in [0.717, 1.165) is 12.5 Å². The summed E-state index contributed by atoms with van der Waals surface area (Å²) in [7, 11) is 0. The van der Waals surface area contributed by atoms with E-state index in [1.165, 1.54) is 0 Å². The molecule has 0 fully saturated rings. The van der Waals surface area contributed by atoms with Gasteiger partial charge in [-0.2, -0.15) is 0 Å². The molecule has 1 rings (SSSR count). The molecular formula is C15H23ClIN3O. The van der Waals surface area contributed by atoms with Crippen LogP contribution in [0.3, 0.4) is 0 Å². The molecule has 1 unspecified atom stereocenters. The Hall–Kier alpha value is -0.950. The maximum atomic E-state index is 6.05. The molecule has 2 N–H and O–H groups in total. The number of aliphatic imine (C=N–C) groups is 1. The Morgan fingerprint density at radius 3 is 2.76 bits per heavy atom. The van der Waals surface area contributed by atoms with Crippen LogP contribution in [-0.4, -0.2) is 31.7 Å². The van der Waals surface area contributed by atoms with Crippen LogP contribution in [0.1, 0.15) is 13.8 Å². The van der Waals surface area contributed by atoms with Crippen LogP contribution < -0.4 is 15.4 Å². The highest BCUT2D eigenvalue weighted by atomic mass is 127. The molecule has 0 spiro atoms. The molecule has 0 saturated heterocycles. The minimum Gasteiger partial charge on any atom is -0.487 e. The lowest BCUT2D eigenvalue weighted by Gasteiger charge is -2.15. The van der Waals surface area contributed by atoms with E-state index in [0.29, 0.717) is 23.9 Å². The monoisotopic (exact) mass is 423 g/mol. The lowest BCUT2D eigenvalue weighted by atomic mass is 10.3. The summed E-state index contributed by atoms with van der Waals surface area (Å²) >= 11 is 6.05. The second-order valence-electron chi connectivity index (χ2n) is 4.25. The molecule has 6 heteroatoms. The zero-order chi connectivity index (χ0) is 14.8. The Morgan fingerprint density at radius 1 is 1.43 bits per heavy atom. The number of hydrogen-bond donors (Lipinski definition) is 2. The van der Waals surface area contributed by atoms with Gasteiger partial charge in [0, 0.05) is 13.1 Å². The van der Waals surface area contributed by atoms with Crippen molar-refractivity contribution < 1.29 is 4.74 Å². The Kier molecular flexibility index (Phi) is 11.2. The van der Waals surface area contributed by atoms with Gasteiger partial charge in [-0.25, -0.2) is 4.99 Å². The Bertz CT molecular complexity index is 454. The van der Waals surface area contributed by atoms with Crippen LogP contribution >= 0.6 is 35.6 Å². The minimum atomic E-state index is -0.0610. The quantitative estimate of drug-likeness (QED) is 0.305. The van der Waals surface area contributed by atoms with Crippen LogP contribution in [0.15, 0.2) is 41.9 Å². The third-order valence-electron chi connectivity index (χ3n) is 2.43. The summed E-state index contributed by atoms with van der Waals surface area (Å²) < 4.78 is 5.76. The predicted molar refractivity (Wildman–Crippen MR) is 101 cm³/mol. The number of rotatable bonds is 7. The van der Waals surface area contributed by atoms with Crippen molar-refractivity contribution in [3.8, 4) is 5.75 Å². The van der Waals surface area contributed by atoms with Crippen LogP contribution in [0.4, 0.5) is 0 Å². The molecule has 0 aliphatic heterocycles. The SMILES string of the molecule is C=CCNC(=NCC(C)Oc1ccccc1Cl)NCC.I. The molecule has 1 aromatic rings. The molecule has 0 aliphatic carbocycles. The number of halogens is 2. The zero-order valence-corrected chi connectivity index (χ0v) is 15.5. The molecule has 21 heavy (non-hydrogen) atoms. The largest absolute Gasteiger partial charge is 0.487 e. The lowest BCUT2D eigenvalue weighted by Crippen LogP contribution is -2.38.